The zero-order valence-corrected chi connectivity index (χ0v) is 8.84. The van der Waals surface area contributed by atoms with Gasteiger partial charge in [0.25, 0.3) is 0 Å². The van der Waals surface area contributed by atoms with Gasteiger partial charge in [-0.05, 0) is 15.9 Å². The average molecular weight is 241 g/mol. The molecule has 0 aliphatic rings. The van der Waals surface area contributed by atoms with Crippen molar-refractivity contribution in [2.24, 2.45) is 0 Å². The Labute approximate surface area is 85.7 Å². The highest BCUT2D eigenvalue weighted by atomic mass is 79.9. The molecule has 0 fully saturated rings. The Hall–Kier alpha value is -1.08. The van der Waals surface area contributed by atoms with Gasteiger partial charge in [-0.15, -0.1) is 0 Å². The molecule has 0 aliphatic carbocycles. The first-order valence-corrected chi connectivity index (χ1v) is 4.58. The van der Waals surface area contributed by atoms with E-state index in [2.05, 4.69) is 25.8 Å². The Kier molecular flexibility index (Phi) is 3.71. The number of nitrogens with zero attached hydrogens (tertiary/aromatic N) is 2. The summed E-state index contributed by atoms with van der Waals surface area (Å²) in [6.07, 6.45) is 4.06. The molecule has 0 saturated heterocycles. The molecule has 4 heteroatoms. The molecule has 0 saturated carbocycles. The highest BCUT2D eigenvalue weighted by Gasteiger charge is 2.08. The summed E-state index contributed by atoms with van der Waals surface area (Å²) in [6, 6.07) is 0. The van der Waals surface area contributed by atoms with Crippen LogP contribution in [0.1, 0.15) is 5.56 Å². The maximum atomic E-state index is 6.70. The fourth-order valence-corrected chi connectivity index (χ4v) is 1.54. The van der Waals surface area contributed by atoms with Crippen molar-refractivity contribution in [3.05, 3.63) is 33.8 Å². The van der Waals surface area contributed by atoms with E-state index >= 15 is 0 Å². The van der Waals surface area contributed by atoms with Crippen LogP contribution < -0.4 is 4.74 Å². The SMILES string of the molecule is [C-]#[N+]CCc1c(Br)cncc1OC. The van der Waals surface area contributed by atoms with Gasteiger partial charge in [-0.1, -0.05) is 0 Å². The number of halogens is 1. The van der Waals surface area contributed by atoms with E-state index in [-0.39, 0.29) is 0 Å². The van der Waals surface area contributed by atoms with Crippen LogP contribution in [0.15, 0.2) is 16.9 Å². The van der Waals surface area contributed by atoms with Crippen molar-refractivity contribution in [1.29, 1.82) is 0 Å². The second-order valence-electron chi connectivity index (χ2n) is 2.43. The zero-order chi connectivity index (χ0) is 9.68. The largest absolute Gasteiger partial charge is 0.495 e. The molecule has 0 bridgehead atoms. The molecule has 68 valence electrons. The van der Waals surface area contributed by atoms with Crippen molar-refractivity contribution in [2.45, 2.75) is 6.42 Å². The second kappa shape index (κ2) is 4.83. The van der Waals surface area contributed by atoms with Crippen molar-refractivity contribution >= 4 is 15.9 Å². The standard InChI is InChI=1S/C9H9BrN2O/c1-11-4-3-7-8(10)5-12-6-9(7)13-2/h5-6H,3-4H2,2H3. The van der Waals surface area contributed by atoms with Gasteiger partial charge in [0.2, 0.25) is 6.54 Å². The van der Waals surface area contributed by atoms with Crippen LogP contribution in [0.5, 0.6) is 5.75 Å². The monoisotopic (exact) mass is 240 g/mol. The van der Waals surface area contributed by atoms with Gasteiger partial charge in [0, 0.05) is 22.7 Å². The second-order valence-corrected chi connectivity index (χ2v) is 3.29. The van der Waals surface area contributed by atoms with E-state index in [4.69, 9.17) is 11.3 Å². The molecular formula is C9H9BrN2O. The van der Waals surface area contributed by atoms with Crippen LogP contribution in [0.3, 0.4) is 0 Å². The van der Waals surface area contributed by atoms with E-state index in [9.17, 15) is 0 Å². The number of methoxy groups -OCH3 is 1. The van der Waals surface area contributed by atoms with Gasteiger partial charge in [-0.25, -0.2) is 6.57 Å². The molecule has 13 heavy (non-hydrogen) atoms. The van der Waals surface area contributed by atoms with E-state index in [1.165, 1.54) is 0 Å². The Morgan fingerprint density at radius 1 is 1.62 bits per heavy atom. The van der Waals surface area contributed by atoms with Crippen LogP contribution in [0.2, 0.25) is 0 Å². The molecule has 0 spiro atoms. The molecule has 0 atom stereocenters. The van der Waals surface area contributed by atoms with Crippen LogP contribution in [-0.4, -0.2) is 18.6 Å². The van der Waals surface area contributed by atoms with Crippen LogP contribution in [0.4, 0.5) is 0 Å². The van der Waals surface area contributed by atoms with Gasteiger partial charge in [0.1, 0.15) is 5.75 Å². The van der Waals surface area contributed by atoms with Crippen LogP contribution in [0.25, 0.3) is 4.85 Å². The summed E-state index contributed by atoms with van der Waals surface area (Å²) in [5, 5.41) is 0. The molecular weight excluding hydrogens is 232 g/mol. The highest BCUT2D eigenvalue weighted by molar-refractivity contribution is 9.10. The predicted octanol–water partition coefficient (Wildman–Crippen LogP) is 2.31. The van der Waals surface area contributed by atoms with Crippen molar-refractivity contribution in [2.75, 3.05) is 13.7 Å². The van der Waals surface area contributed by atoms with E-state index < -0.39 is 0 Å². The molecule has 1 aromatic heterocycles. The molecule has 3 nitrogen and oxygen atoms in total. The number of hydrogen-bond donors (Lipinski definition) is 0. The van der Waals surface area contributed by atoms with Gasteiger partial charge in [0.15, 0.2) is 0 Å². The summed E-state index contributed by atoms with van der Waals surface area (Å²) < 4.78 is 6.03. The Balaban J connectivity index is 2.95. The topological polar surface area (TPSA) is 26.5 Å². The fraction of sp³-hybridized carbons (Fsp3) is 0.333. The first-order chi connectivity index (χ1) is 6.29. The summed E-state index contributed by atoms with van der Waals surface area (Å²) in [6.45, 7) is 7.17. The van der Waals surface area contributed by atoms with E-state index in [1.807, 2.05) is 0 Å². The highest BCUT2D eigenvalue weighted by Crippen LogP contribution is 2.25. The van der Waals surface area contributed by atoms with Crippen LogP contribution in [-0.2, 0) is 6.42 Å². The third kappa shape index (κ3) is 2.43. The zero-order valence-electron chi connectivity index (χ0n) is 7.25. The summed E-state index contributed by atoms with van der Waals surface area (Å²) >= 11 is 3.37. The molecule has 0 aromatic carbocycles. The molecule has 1 rings (SSSR count). The number of hydrogen-bond acceptors (Lipinski definition) is 2. The Bertz CT molecular complexity index is 333. The molecule has 0 aliphatic heterocycles. The van der Waals surface area contributed by atoms with E-state index in [0.29, 0.717) is 13.0 Å². The molecule has 1 heterocycles. The fourth-order valence-electron chi connectivity index (χ4n) is 1.03. The van der Waals surface area contributed by atoms with Crippen molar-refractivity contribution in [3.63, 3.8) is 0 Å². The summed E-state index contributed by atoms with van der Waals surface area (Å²) in [5.41, 5.74) is 1.01. The minimum Gasteiger partial charge on any atom is -0.495 e. The molecule has 0 radical (unpaired) electrons. The summed E-state index contributed by atoms with van der Waals surface area (Å²) in [5.74, 6) is 0.734. The minimum absolute atomic E-state index is 0.471. The number of rotatable bonds is 3. The van der Waals surface area contributed by atoms with Gasteiger partial charge >= 0.3 is 0 Å². The number of aromatic nitrogens is 1. The minimum atomic E-state index is 0.471. The smallest absolute Gasteiger partial charge is 0.218 e. The Morgan fingerprint density at radius 3 is 3.00 bits per heavy atom. The maximum absolute atomic E-state index is 6.70. The summed E-state index contributed by atoms with van der Waals surface area (Å²) in [7, 11) is 1.60. The lowest BCUT2D eigenvalue weighted by Crippen LogP contribution is -1.96. The van der Waals surface area contributed by atoms with Gasteiger partial charge < -0.3 is 9.58 Å². The van der Waals surface area contributed by atoms with Crippen molar-refractivity contribution < 1.29 is 4.74 Å². The van der Waals surface area contributed by atoms with Gasteiger partial charge in [-0.3, -0.25) is 4.98 Å². The average Bonchev–Trinajstić information content (AvgIpc) is 2.15. The first-order valence-electron chi connectivity index (χ1n) is 3.79. The van der Waals surface area contributed by atoms with Gasteiger partial charge in [-0.2, -0.15) is 0 Å². The predicted molar refractivity (Wildman–Crippen MR) is 53.7 cm³/mol. The lowest BCUT2D eigenvalue weighted by atomic mass is 10.2. The van der Waals surface area contributed by atoms with Crippen molar-refractivity contribution in [3.8, 4) is 5.75 Å². The van der Waals surface area contributed by atoms with Crippen LogP contribution >= 0.6 is 15.9 Å². The molecule has 0 N–H and O–H groups in total. The van der Waals surface area contributed by atoms with Crippen molar-refractivity contribution in [1.82, 2.24) is 4.98 Å². The molecule has 1 aromatic rings. The van der Waals surface area contributed by atoms with E-state index in [1.54, 1.807) is 19.5 Å². The lowest BCUT2D eigenvalue weighted by Gasteiger charge is -2.06. The third-order valence-corrected chi connectivity index (χ3v) is 2.34. The van der Waals surface area contributed by atoms with Crippen LogP contribution in [0, 0.1) is 6.57 Å². The Morgan fingerprint density at radius 2 is 2.38 bits per heavy atom. The third-order valence-electron chi connectivity index (χ3n) is 1.66. The van der Waals surface area contributed by atoms with Gasteiger partial charge in [0.05, 0.1) is 13.3 Å². The number of pyridine rings is 1. The number of ether oxygens (including phenoxy) is 1. The van der Waals surface area contributed by atoms with E-state index in [0.717, 1.165) is 15.8 Å². The molecule has 0 unspecified atom stereocenters. The summed E-state index contributed by atoms with van der Waals surface area (Å²) in [4.78, 5) is 7.28. The molecule has 0 amide bonds. The maximum Gasteiger partial charge on any atom is 0.218 e. The normalized spacial score (nSPS) is 9.31. The quantitative estimate of drug-likeness (QED) is 0.759. The lowest BCUT2D eigenvalue weighted by molar-refractivity contribution is 0.407. The first kappa shape index (κ1) is 10.0.